The molecule has 0 atom stereocenters. The van der Waals surface area contributed by atoms with E-state index in [1.54, 1.807) is 11.0 Å². The van der Waals surface area contributed by atoms with Crippen LogP contribution in [0.15, 0.2) is 41.4 Å². The molecule has 0 aliphatic rings. The quantitative estimate of drug-likeness (QED) is 0.791. The maximum atomic E-state index is 5.63. The van der Waals surface area contributed by atoms with Crippen LogP contribution < -0.4 is 4.74 Å². The van der Waals surface area contributed by atoms with Gasteiger partial charge >= 0.3 is 0 Å². The third-order valence-corrected chi connectivity index (χ3v) is 2.75. The fraction of sp³-hybridized carbons (Fsp3) is 0.273. The molecule has 0 radical (unpaired) electrons. The Kier molecular flexibility index (Phi) is 3.93. The van der Waals surface area contributed by atoms with E-state index in [4.69, 9.17) is 4.74 Å². The molecule has 0 fully saturated rings. The first kappa shape index (κ1) is 11.1. The molecule has 2 rings (SSSR count). The van der Waals surface area contributed by atoms with Crippen molar-refractivity contribution >= 4 is 15.9 Å². The number of rotatable bonds is 5. The molecule has 2 aromatic rings. The van der Waals surface area contributed by atoms with Gasteiger partial charge in [-0.2, -0.15) is 5.10 Å². The van der Waals surface area contributed by atoms with E-state index in [9.17, 15) is 0 Å². The zero-order chi connectivity index (χ0) is 11.2. The Morgan fingerprint density at radius 3 is 2.94 bits per heavy atom. The molecule has 1 heterocycles. The summed E-state index contributed by atoms with van der Waals surface area (Å²) in [4.78, 5) is 3.88. The summed E-state index contributed by atoms with van der Waals surface area (Å²) < 4.78 is 8.40. The first-order valence-electron chi connectivity index (χ1n) is 5.06. The molecule has 16 heavy (non-hydrogen) atoms. The fourth-order valence-corrected chi connectivity index (χ4v) is 1.72. The third-order valence-electron chi connectivity index (χ3n) is 2.09. The zero-order valence-electron chi connectivity index (χ0n) is 8.71. The van der Waals surface area contributed by atoms with Gasteiger partial charge in [0.2, 0.25) is 0 Å². The molecule has 0 spiro atoms. The van der Waals surface area contributed by atoms with E-state index in [-0.39, 0.29) is 0 Å². The number of ether oxygens (including phenoxy) is 1. The summed E-state index contributed by atoms with van der Waals surface area (Å²) in [6.07, 6.45) is 4.15. The van der Waals surface area contributed by atoms with Crippen LogP contribution in [0.25, 0.3) is 0 Å². The van der Waals surface area contributed by atoms with Crippen molar-refractivity contribution in [1.82, 2.24) is 14.8 Å². The molecule has 4 nitrogen and oxygen atoms in total. The second kappa shape index (κ2) is 5.65. The van der Waals surface area contributed by atoms with Gasteiger partial charge in [-0.3, -0.25) is 4.68 Å². The Morgan fingerprint density at radius 1 is 1.31 bits per heavy atom. The van der Waals surface area contributed by atoms with Crippen molar-refractivity contribution in [3.05, 3.63) is 41.4 Å². The van der Waals surface area contributed by atoms with Crippen LogP contribution >= 0.6 is 15.9 Å². The van der Waals surface area contributed by atoms with E-state index in [2.05, 4.69) is 26.0 Å². The molecule has 1 aromatic carbocycles. The van der Waals surface area contributed by atoms with Crippen LogP contribution in [0.5, 0.6) is 5.75 Å². The highest BCUT2D eigenvalue weighted by atomic mass is 79.9. The first-order chi connectivity index (χ1) is 7.86. The largest absolute Gasteiger partial charge is 0.492 e. The molecule has 0 saturated heterocycles. The number of para-hydroxylation sites is 1. The second-order valence-electron chi connectivity index (χ2n) is 3.29. The van der Waals surface area contributed by atoms with Crippen molar-refractivity contribution in [1.29, 1.82) is 0 Å². The molecule has 84 valence electrons. The van der Waals surface area contributed by atoms with E-state index in [0.717, 1.165) is 23.2 Å². The van der Waals surface area contributed by atoms with Crippen molar-refractivity contribution in [3.8, 4) is 5.75 Å². The third kappa shape index (κ3) is 3.06. The summed E-state index contributed by atoms with van der Waals surface area (Å²) >= 11 is 3.43. The predicted molar refractivity (Wildman–Crippen MR) is 64.3 cm³/mol. The van der Waals surface area contributed by atoms with Crippen LogP contribution in [0.3, 0.4) is 0 Å². The van der Waals surface area contributed by atoms with E-state index in [1.165, 1.54) is 6.33 Å². The monoisotopic (exact) mass is 281 g/mol. The summed E-state index contributed by atoms with van der Waals surface area (Å²) in [6, 6.07) is 7.83. The van der Waals surface area contributed by atoms with Crippen LogP contribution in [0, 0.1) is 0 Å². The minimum absolute atomic E-state index is 0.669. The van der Waals surface area contributed by atoms with Crippen LogP contribution in [0.2, 0.25) is 0 Å². The second-order valence-corrected chi connectivity index (χ2v) is 4.15. The van der Waals surface area contributed by atoms with Gasteiger partial charge in [-0.1, -0.05) is 12.1 Å². The molecule has 0 N–H and O–H groups in total. The average Bonchev–Trinajstić information content (AvgIpc) is 2.79. The smallest absolute Gasteiger partial charge is 0.137 e. The standard InChI is InChI=1S/C11H12BrN3O/c12-10-4-1-2-5-11(10)16-7-3-6-15-9-13-8-14-15/h1-2,4-5,8-9H,3,6-7H2. The number of aryl methyl sites for hydroxylation is 1. The number of nitrogens with zero attached hydrogens (tertiary/aromatic N) is 3. The summed E-state index contributed by atoms with van der Waals surface area (Å²) in [5.74, 6) is 0.876. The molecule has 0 saturated carbocycles. The Balaban J connectivity index is 1.74. The molecule has 0 aliphatic heterocycles. The lowest BCUT2D eigenvalue weighted by Crippen LogP contribution is -2.05. The van der Waals surface area contributed by atoms with Gasteiger partial charge in [0, 0.05) is 13.0 Å². The minimum atomic E-state index is 0.669. The van der Waals surface area contributed by atoms with Gasteiger partial charge in [0.15, 0.2) is 0 Å². The average molecular weight is 282 g/mol. The Labute approximate surface area is 102 Å². The normalized spacial score (nSPS) is 10.3. The number of halogens is 1. The molecule has 0 bridgehead atoms. The first-order valence-corrected chi connectivity index (χ1v) is 5.85. The molecule has 5 heteroatoms. The summed E-state index contributed by atoms with van der Waals surface area (Å²) in [7, 11) is 0. The Bertz CT molecular complexity index is 431. The molecule has 0 amide bonds. The number of hydrogen-bond donors (Lipinski definition) is 0. The maximum Gasteiger partial charge on any atom is 0.137 e. The molecule has 0 aliphatic carbocycles. The van der Waals surface area contributed by atoms with E-state index in [1.807, 2.05) is 24.3 Å². The van der Waals surface area contributed by atoms with Crippen LogP contribution in [-0.2, 0) is 6.54 Å². The van der Waals surface area contributed by atoms with Crippen LogP contribution in [0.1, 0.15) is 6.42 Å². The van der Waals surface area contributed by atoms with Crippen molar-refractivity contribution in [3.63, 3.8) is 0 Å². The van der Waals surface area contributed by atoms with Crippen molar-refractivity contribution < 1.29 is 4.74 Å². The van der Waals surface area contributed by atoms with Crippen molar-refractivity contribution in [2.24, 2.45) is 0 Å². The number of hydrogen-bond acceptors (Lipinski definition) is 3. The molecule has 1 aromatic heterocycles. The van der Waals surface area contributed by atoms with Gasteiger partial charge in [-0.05, 0) is 28.1 Å². The van der Waals surface area contributed by atoms with Gasteiger partial charge in [-0.15, -0.1) is 0 Å². The highest BCUT2D eigenvalue weighted by Crippen LogP contribution is 2.23. The topological polar surface area (TPSA) is 39.9 Å². The summed E-state index contributed by atoms with van der Waals surface area (Å²) in [5.41, 5.74) is 0. The SMILES string of the molecule is Brc1ccccc1OCCCn1cncn1. The van der Waals surface area contributed by atoms with E-state index in [0.29, 0.717) is 6.61 Å². The summed E-state index contributed by atoms with van der Waals surface area (Å²) in [6.45, 7) is 1.49. The van der Waals surface area contributed by atoms with Crippen LogP contribution in [-0.4, -0.2) is 21.4 Å². The van der Waals surface area contributed by atoms with Gasteiger partial charge in [0.05, 0.1) is 11.1 Å². The predicted octanol–water partition coefficient (Wildman–Crippen LogP) is 2.51. The van der Waals surface area contributed by atoms with Crippen LogP contribution in [0.4, 0.5) is 0 Å². The highest BCUT2D eigenvalue weighted by Gasteiger charge is 1.98. The maximum absolute atomic E-state index is 5.63. The van der Waals surface area contributed by atoms with Gasteiger partial charge in [0.1, 0.15) is 18.4 Å². The molecule has 0 unspecified atom stereocenters. The summed E-state index contributed by atoms with van der Waals surface area (Å²) in [5, 5.41) is 4.02. The number of aromatic nitrogens is 3. The Hall–Kier alpha value is -1.36. The highest BCUT2D eigenvalue weighted by molar-refractivity contribution is 9.10. The van der Waals surface area contributed by atoms with E-state index < -0.39 is 0 Å². The van der Waals surface area contributed by atoms with Gasteiger partial charge in [-0.25, -0.2) is 4.98 Å². The lowest BCUT2D eigenvalue weighted by molar-refractivity contribution is 0.297. The number of benzene rings is 1. The van der Waals surface area contributed by atoms with Gasteiger partial charge in [0.25, 0.3) is 0 Å². The molecular weight excluding hydrogens is 270 g/mol. The Morgan fingerprint density at radius 2 is 2.19 bits per heavy atom. The zero-order valence-corrected chi connectivity index (χ0v) is 10.3. The van der Waals surface area contributed by atoms with Gasteiger partial charge < -0.3 is 4.74 Å². The fourth-order valence-electron chi connectivity index (χ4n) is 1.32. The minimum Gasteiger partial charge on any atom is -0.492 e. The van der Waals surface area contributed by atoms with Crippen molar-refractivity contribution in [2.75, 3.05) is 6.61 Å². The van der Waals surface area contributed by atoms with Crippen molar-refractivity contribution in [2.45, 2.75) is 13.0 Å². The molecular formula is C11H12BrN3O. The lowest BCUT2D eigenvalue weighted by Gasteiger charge is -2.07. The lowest BCUT2D eigenvalue weighted by atomic mass is 10.3. The van der Waals surface area contributed by atoms with E-state index >= 15 is 0 Å².